The molecule has 1 heterocycles. The molecular weight excluding hydrogens is 383 g/mol. The molecule has 30 heavy (non-hydrogen) atoms. The predicted octanol–water partition coefficient (Wildman–Crippen LogP) is 4.44. The van der Waals surface area contributed by atoms with Crippen LogP contribution in [0, 0.1) is 18.7 Å². The van der Waals surface area contributed by atoms with Crippen molar-refractivity contribution in [2.75, 3.05) is 25.1 Å². The number of halogens is 1. The SMILES string of the molecule is COc1ccc(N(C(=O)C2CCCN(C(=O)c3ccc(C)cc3)C2)C(C)C)cc1F. The van der Waals surface area contributed by atoms with Crippen LogP contribution in [0.2, 0.25) is 0 Å². The van der Waals surface area contributed by atoms with Crippen LogP contribution in [-0.2, 0) is 4.79 Å². The fourth-order valence-electron chi connectivity index (χ4n) is 3.92. The number of methoxy groups -OCH3 is 1. The minimum absolute atomic E-state index is 0.0564. The highest BCUT2D eigenvalue weighted by molar-refractivity contribution is 5.97. The van der Waals surface area contributed by atoms with Crippen LogP contribution in [-0.4, -0.2) is 43.0 Å². The van der Waals surface area contributed by atoms with Gasteiger partial charge < -0.3 is 14.5 Å². The molecule has 0 saturated carbocycles. The number of benzene rings is 2. The molecule has 160 valence electrons. The van der Waals surface area contributed by atoms with Crippen molar-refractivity contribution in [3.8, 4) is 5.75 Å². The summed E-state index contributed by atoms with van der Waals surface area (Å²) in [6.45, 7) is 6.78. The number of carbonyl (C=O) groups excluding carboxylic acids is 2. The van der Waals surface area contributed by atoms with Crippen LogP contribution in [0.15, 0.2) is 42.5 Å². The second kappa shape index (κ2) is 9.28. The molecule has 1 unspecified atom stereocenters. The van der Waals surface area contributed by atoms with Crippen LogP contribution in [0.25, 0.3) is 0 Å². The van der Waals surface area contributed by atoms with Crippen LogP contribution >= 0.6 is 0 Å². The normalized spacial score (nSPS) is 16.5. The lowest BCUT2D eigenvalue weighted by Crippen LogP contribution is -2.48. The number of ether oxygens (including phenoxy) is 1. The quantitative estimate of drug-likeness (QED) is 0.730. The van der Waals surface area contributed by atoms with Crippen molar-refractivity contribution in [3.63, 3.8) is 0 Å². The number of rotatable bonds is 5. The topological polar surface area (TPSA) is 49.9 Å². The Morgan fingerprint density at radius 1 is 1.17 bits per heavy atom. The summed E-state index contributed by atoms with van der Waals surface area (Å²) in [6.07, 6.45) is 1.47. The molecule has 0 radical (unpaired) electrons. The summed E-state index contributed by atoms with van der Waals surface area (Å²) in [4.78, 5) is 29.7. The Hall–Kier alpha value is -2.89. The average molecular weight is 413 g/mol. The van der Waals surface area contributed by atoms with E-state index in [2.05, 4.69) is 0 Å². The molecule has 0 N–H and O–H groups in total. The van der Waals surface area contributed by atoms with E-state index in [9.17, 15) is 14.0 Å². The molecule has 1 aliphatic rings. The zero-order chi connectivity index (χ0) is 21.8. The molecule has 6 heteroatoms. The van der Waals surface area contributed by atoms with Crippen LogP contribution < -0.4 is 9.64 Å². The maximum absolute atomic E-state index is 14.2. The highest BCUT2D eigenvalue weighted by Gasteiger charge is 2.33. The number of nitrogens with zero attached hydrogens (tertiary/aromatic N) is 2. The molecule has 1 fully saturated rings. The van der Waals surface area contributed by atoms with Crippen molar-refractivity contribution in [1.29, 1.82) is 0 Å². The molecule has 0 aromatic heterocycles. The maximum atomic E-state index is 14.2. The van der Waals surface area contributed by atoms with Crippen LogP contribution in [0.4, 0.5) is 10.1 Å². The molecule has 5 nitrogen and oxygen atoms in total. The summed E-state index contributed by atoms with van der Waals surface area (Å²) >= 11 is 0. The molecule has 1 atom stereocenters. The molecule has 2 aromatic rings. The van der Waals surface area contributed by atoms with E-state index in [1.165, 1.54) is 19.2 Å². The Morgan fingerprint density at radius 3 is 2.47 bits per heavy atom. The average Bonchev–Trinajstić information content (AvgIpc) is 2.74. The van der Waals surface area contributed by atoms with E-state index < -0.39 is 5.82 Å². The lowest BCUT2D eigenvalue weighted by Gasteiger charge is -2.36. The summed E-state index contributed by atoms with van der Waals surface area (Å²) in [7, 11) is 1.41. The molecular formula is C24H29FN2O3. The van der Waals surface area contributed by atoms with Crippen molar-refractivity contribution in [3.05, 3.63) is 59.4 Å². The number of hydrogen-bond donors (Lipinski definition) is 0. The van der Waals surface area contributed by atoms with Gasteiger partial charge in [0.15, 0.2) is 11.6 Å². The van der Waals surface area contributed by atoms with Gasteiger partial charge in [-0.15, -0.1) is 0 Å². The number of carbonyl (C=O) groups is 2. The maximum Gasteiger partial charge on any atom is 0.253 e. The summed E-state index contributed by atoms with van der Waals surface area (Å²) in [6, 6.07) is 11.9. The summed E-state index contributed by atoms with van der Waals surface area (Å²) in [5.74, 6) is -0.827. The molecule has 1 aliphatic heterocycles. The molecule has 0 aliphatic carbocycles. The van der Waals surface area contributed by atoms with Gasteiger partial charge in [-0.3, -0.25) is 9.59 Å². The molecule has 0 bridgehead atoms. The van der Waals surface area contributed by atoms with Gasteiger partial charge in [0.1, 0.15) is 0 Å². The number of amides is 2. The lowest BCUT2D eigenvalue weighted by atomic mass is 9.95. The second-order valence-corrected chi connectivity index (χ2v) is 8.08. The van der Waals surface area contributed by atoms with Crippen molar-refractivity contribution in [1.82, 2.24) is 4.90 Å². The smallest absolute Gasteiger partial charge is 0.253 e. The molecule has 1 saturated heterocycles. The zero-order valence-electron chi connectivity index (χ0n) is 18.0. The third kappa shape index (κ3) is 4.64. The van der Waals surface area contributed by atoms with Gasteiger partial charge >= 0.3 is 0 Å². The van der Waals surface area contributed by atoms with Gasteiger partial charge in [-0.2, -0.15) is 0 Å². The van der Waals surface area contributed by atoms with Gasteiger partial charge in [-0.25, -0.2) is 4.39 Å². The van der Waals surface area contributed by atoms with Gasteiger partial charge in [-0.1, -0.05) is 17.7 Å². The van der Waals surface area contributed by atoms with Gasteiger partial charge in [0, 0.05) is 36.4 Å². The van der Waals surface area contributed by atoms with E-state index in [4.69, 9.17) is 4.74 Å². The first-order valence-corrected chi connectivity index (χ1v) is 10.3. The molecule has 2 aromatic carbocycles. The first-order chi connectivity index (χ1) is 14.3. The van der Waals surface area contributed by atoms with Crippen molar-refractivity contribution in [2.24, 2.45) is 5.92 Å². The molecule has 2 amide bonds. The van der Waals surface area contributed by atoms with Gasteiger partial charge in [0.05, 0.1) is 13.0 Å². The zero-order valence-corrected chi connectivity index (χ0v) is 18.0. The third-order valence-electron chi connectivity index (χ3n) is 5.52. The second-order valence-electron chi connectivity index (χ2n) is 8.08. The molecule has 3 rings (SSSR count). The van der Waals surface area contributed by atoms with Gasteiger partial charge in [0.2, 0.25) is 5.91 Å². The van der Waals surface area contributed by atoms with E-state index >= 15 is 0 Å². The number of anilines is 1. The molecule has 0 spiro atoms. The van der Waals surface area contributed by atoms with Crippen LogP contribution in [0.5, 0.6) is 5.75 Å². The Kier molecular flexibility index (Phi) is 6.75. The first-order valence-electron chi connectivity index (χ1n) is 10.3. The largest absolute Gasteiger partial charge is 0.494 e. The van der Waals surface area contributed by atoms with Crippen LogP contribution in [0.3, 0.4) is 0 Å². The van der Waals surface area contributed by atoms with Gasteiger partial charge in [0.25, 0.3) is 5.91 Å². The highest BCUT2D eigenvalue weighted by Crippen LogP contribution is 2.28. The number of likely N-dealkylation sites (tertiary alicyclic amines) is 1. The Morgan fingerprint density at radius 2 is 1.87 bits per heavy atom. The van der Waals surface area contributed by atoms with E-state index in [1.54, 1.807) is 15.9 Å². The highest BCUT2D eigenvalue weighted by atomic mass is 19.1. The number of aryl methyl sites for hydroxylation is 1. The van der Waals surface area contributed by atoms with Crippen molar-refractivity contribution >= 4 is 17.5 Å². The van der Waals surface area contributed by atoms with Crippen molar-refractivity contribution in [2.45, 2.75) is 39.7 Å². The standard InChI is InChI=1S/C24H29FN2O3/c1-16(2)27(20-11-12-22(30-4)21(25)14-20)24(29)19-6-5-13-26(15-19)23(28)18-9-7-17(3)8-10-18/h7-12,14,16,19H,5-6,13,15H2,1-4H3. The summed E-state index contributed by atoms with van der Waals surface area (Å²) in [5.41, 5.74) is 2.22. The van der Waals surface area contributed by atoms with E-state index in [1.807, 2.05) is 45.0 Å². The lowest BCUT2D eigenvalue weighted by molar-refractivity contribution is -0.124. The minimum Gasteiger partial charge on any atom is -0.494 e. The van der Waals surface area contributed by atoms with E-state index in [0.717, 1.165) is 12.0 Å². The first kappa shape index (κ1) is 21.8. The fourth-order valence-corrected chi connectivity index (χ4v) is 3.92. The fraction of sp³-hybridized carbons (Fsp3) is 0.417. The number of piperidine rings is 1. The van der Waals surface area contributed by atoms with Crippen LogP contribution in [0.1, 0.15) is 42.6 Å². The summed E-state index contributed by atoms with van der Waals surface area (Å²) in [5, 5.41) is 0. The van der Waals surface area contributed by atoms with E-state index in [0.29, 0.717) is 30.8 Å². The summed E-state index contributed by atoms with van der Waals surface area (Å²) < 4.78 is 19.2. The van der Waals surface area contributed by atoms with E-state index in [-0.39, 0.29) is 29.5 Å². The number of hydrogen-bond acceptors (Lipinski definition) is 3. The Labute approximate surface area is 177 Å². The van der Waals surface area contributed by atoms with Gasteiger partial charge in [-0.05, 0) is 57.9 Å². The van der Waals surface area contributed by atoms with Crippen molar-refractivity contribution < 1.29 is 18.7 Å². The minimum atomic E-state index is -0.506. The third-order valence-corrected chi connectivity index (χ3v) is 5.52. The Balaban J connectivity index is 1.79. The Bertz CT molecular complexity index is 911. The predicted molar refractivity (Wildman–Crippen MR) is 115 cm³/mol. The monoisotopic (exact) mass is 412 g/mol.